The average molecular weight is 274 g/mol. The van der Waals surface area contributed by atoms with Gasteiger partial charge in [0.15, 0.2) is 0 Å². The lowest BCUT2D eigenvalue weighted by Crippen LogP contribution is -2.22. The van der Waals surface area contributed by atoms with E-state index < -0.39 is 4.92 Å². The first-order chi connectivity index (χ1) is 9.52. The van der Waals surface area contributed by atoms with Crippen LogP contribution in [-0.4, -0.2) is 11.5 Å². The number of hydrogen-bond acceptors (Lipinski definition) is 4. The fraction of sp³-hybridized carbons (Fsp3) is 0.333. The molecule has 0 amide bonds. The van der Waals surface area contributed by atoms with E-state index in [0.29, 0.717) is 5.76 Å². The molecule has 0 fully saturated rings. The van der Waals surface area contributed by atoms with Crippen molar-refractivity contribution in [3.63, 3.8) is 0 Å². The van der Waals surface area contributed by atoms with Crippen molar-refractivity contribution in [1.29, 1.82) is 0 Å². The molecule has 106 valence electrons. The number of rotatable bonds is 5. The molecule has 1 aromatic carbocycles. The standard InChI is InChI=1S/C15H18N2O3/c1-4-16-15(12-9-10(2)5-6-11(12)3)13-7-8-14(20-13)17(18)19/h5-9,15-16H,4H2,1-3H3. The van der Waals surface area contributed by atoms with E-state index in [1.54, 1.807) is 6.07 Å². The Morgan fingerprint density at radius 1 is 1.30 bits per heavy atom. The number of nitro groups is 1. The second-order valence-electron chi connectivity index (χ2n) is 4.78. The molecular formula is C15H18N2O3. The highest BCUT2D eigenvalue weighted by Gasteiger charge is 2.22. The maximum absolute atomic E-state index is 10.7. The smallest absolute Gasteiger partial charge is 0.404 e. The number of furan rings is 1. The third-order valence-corrected chi connectivity index (χ3v) is 3.23. The van der Waals surface area contributed by atoms with E-state index in [0.717, 1.165) is 23.2 Å². The summed E-state index contributed by atoms with van der Waals surface area (Å²) in [4.78, 5) is 10.2. The van der Waals surface area contributed by atoms with Crippen molar-refractivity contribution in [2.45, 2.75) is 26.8 Å². The summed E-state index contributed by atoms with van der Waals surface area (Å²) in [5.41, 5.74) is 3.35. The van der Waals surface area contributed by atoms with Gasteiger partial charge in [-0.2, -0.15) is 0 Å². The van der Waals surface area contributed by atoms with Gasteiger partial charge in [0.1, 0.15) is 10.7 Å². The number of nitrogens with zero attached hydrogens (tertiary/aromatic N) is 1. The maximum atomic E-state index is 10.7. The Morgan fingerprint density at radius 3 is 2.65 bits per heavy atom. The summed E-state index contributed by atoms with van der Waals surface area (Å²) in [5, 5.41) is 14.1. The number of nitrogens with one attached hydrogen (secondary N) is 1. The summed E-state index contributed by atoms with van der Waals surface area (Å²) in [6.07, 6.45) is 0. The van der Waals surface area contributed by atoms with Crippen molar-refractivity contribution in [3.05, 3.63) is 62.9 Å². The lowest BCUT2D eigenvalue weighted by molar-refractivity contribution is -0.402. The fourth-order valence-electron chi connectivity index (χ4n) is 2.23. The minimum absolute atomic E-state index is 0.173. The first kappa shape index (κ1) is 14.3. The topological polar surface area (TPSA) is 68.3 Å². The second-order valence-corrected chi connectivity index (χ2v) is 4.78. The molecule has 1 atom stereocenters. The Hall–Kier alpha value is -2.14. The zero-order chi connectivity index (χ0) is 14.7. The molecule has 1 unspecified atom stereocenters. The van der Waals surface area contributed by atoms with Crippen LogP contribution in [0.5, 0.6) is 0 Å². The van der Waals surface area contributed by atoms with Gasteiger partial charge in [-0.05, 0) is 37.6 Å². The molecule has 0 radical (unpaired) electrons. The van der Waals surface area contributed by atoms with Crippen molar-refractivity contribution in [2.75, 3.05) is 6.54 Å². The number of benzene rings is 1. The van der Waals surface area contributed by atoms with E-state index in [1.165, 1.54) is 6.07 Å². The summed E-state index contributed by atoms with van der Waals surface area (Å²) < 4.78 is 5.35. The molecule has 1 aromatic heterocycles. The third kappa shape index (κ3) is 2.88. The quantitative estimate of drug-likeness (QED) is 0.669. The van der Waals surface area contributed by atoms with Gasteiger partial charge in [-0.25, -0.2) is 0 Å². The zero-order valence-corrected chi connectivity index (χ0v) is 11.8. The van der Waals surface area contributed by atoms with Crippen molar-refractivity contribution in [2.24, 2.45) is 0 Å². The van der Waals surface area contributed by atoms with Gasteiger partial charge < -0.3 is 9.73 Å². The third-order valence-electron chi connectivity index (χ3n) is 3.23. The van der Waals surface area contributed by atoms with Gasteiger partial charge in [0.2, 0.25) is 0 Å². The fourth-order valence-corrected chi connectivity index (χ4v) is 2.23. The summed E-state index contributed by atoms with van der Waals surface area (Å²) in [7, 11) is 0. The monoisotopic (exact) mass is 274 g/mol. The highest BCUT2D eigenvalue weighted by atomic mass is 16.6. The lowest BCUT2D eigenvalue weighted by Gasteiger charge is -2.18. The normalized spacial score (nSPS) is 12.3. The molecule has 0 aliphatic carbocycles. The van der Waals surface area contributed by atoms with E-state index in [2.05, 4.69) is 11.4 Å². The summed E-state index contributed by atoms with van der Waals surface area (Å²) in [5.74, 6) is 0.334. The summed E-state index contributed by atoms with van der Waals surface area (Å²) in [6, 6.07) is 9.06. The molecule has 5 heteroatoms. The van der Waals surface area contributed by atoms with Crippen LogP contribution in [-0.2, 0) is 0 Å². The van der Waals surface area contributed by atoms with Crippen LogP contribution in [0.4, 0.5) is 5.88 Å². The molecule has 0 bridgehead atoms. The molecular weight excluding hydrogens is 256 g/mol. The van der Waals surface area contributed by atoms with Gasteiger partial charge >= 0.3 is 5.88 Å². The maximum Gasteiger partial charge on any atom is 0.433 e. The van der Waals surface area contributed by atoms with Gasteiger partial charge in [0.25, 0.3) is 0 Å². The first-order valence-corrected chi connectivity index (χ1v) is 6.57. The van der Waals surface area contributed by atoms with E-state index in [1.807, 2.05) is 32.9 Å². The molecule has 1 N–H and O–H groups in total. The Bertz CT molecular complexity index is 619. The SMILES string of the molecule is CCNC(c1ccc([N+](=O)[O-])o1)c1cc(C)ccc1C. The van der Waals surface area contributed by atoms with Crippen LogP contribution >= 0.6 is 0 Å². The molecule has 1 heterocycles. The predicted molar refractivity (Wildman–Crippen MR) is 76.8 cm³/mol. The lowest BCUT2D eigenvalue weighted by atomic mass is 9.97. The largest absolute Gasteiger partial charge is 0.433 e. The summed E-state index contributed by atoms with van der Waals surface area (Å²) >= 11 is 0. The Kier molecular flexibility index (Phi) is 4.20. The van der Waals surface area contributed by atoms with Gasteiger partial charge in [0.05, 0.1) is 12.1 Å². The number of hydrogen-bond donors (Lipinski definition) is 1. The average Bonchev–Trinajstić information content (AvgIpc) is 2.89. The van der Waals surface area contributed by atoms with Gasteiger partial charge in [0, 0.05) is 0 Å². The molecule has 0 saturated carbocycles. The zero-order valence-electron chi connectivity index (χ0n) is 11.8. The molecule has 0 spiro atoms. The van der Waals surface area contributed by atoms with Crippen LogP contribution in [0.25, 0.3) is 0 Å². The number of aryl methyl sites for hydroxylation is 2. The Morgan fingerprint density at radius 2 is 2.05 bits per heavy atom. The van der Waals surface area contributed by atoms with Crippen molar-refractivity contribution < 1.29 is 9.34 Å². The van der Waals surface area contributed by atoms with Gasteiger partial charge in [-0.1, -0.05) is 30.7 Å². The minimum atomic E-state index is -0.518. The highest BCUT2D eigenvalue weighted by Crippen LogP contribution is 2.29. The Labute approximate surface area is 117 Å². The first-order valence-electron chi connectivity index (χ1n) is 6.57. The van der Waals surface area contributed by atoms with Crippen molar-refractivity contribution in [1.82, 2.24) is 5.32 Å². The van der Waals surface area contributed by atoms with E-state index in [4.69, 9.17) is 4.42 Å². The minimum Gasteiger partial charge on any atom is -0.404 e. The van der Waals surface area contributed by atoms with E-state index in [9.17, 15) is 10.1 Å². The summed E-state index contributed by atoms with van der Waals surface area (Å²) in [6.45, 7) is 6.79. The van der Waals surface area contributed by atoms with Crippen LogP contribution in [0, 0.1) is 24.0 Å². The molecule has 5 nitrogen and oxygen atoms in total. The predicted octanol–water partition coefficient (Wildman–Crippen LogP) is 3.50. The molecule has 2 rings (SSSR count). The molecule has 20 heavy (non-hydrogen) atoms. The second kappa shape index (κ2) is 5.88. The Balaban J connectivity index is 2.44. The van der Waals surface area contributed by atoms with Crippen LogP contribution < -0.4 is 5.32 Å². The van der Waals surface area contributed by atoms with Crippen molar-refractivity contribution in [3.8, 4) is 0 Å². The molecule has 0 saturated heterocycles. The van der Waals surface area contributed by atoms with Gasteiger partial charge in [-0.15, -0.1) is 0 Å². The van der Waals surface area contributed by atoms with Crippen LogP contribution in [0.1, 0.15) is 35.4 Å². The highest BCUT2D eigenvalue weighted by molar-refractivity contribution is 5.37. The van der Waals surface area contributed by atoms with E-state index in [-0.39, 0.29) is 11.9 Å². The van der Waals surface area contributed by atoms with Crippen LogP contribution in [0.3, 0.4) is 0 Å². The molecule has 0 aliphatic rings. The van der Waals surface area contributed by atoms with E-state index >= 15 is 0 Å². The van der Waals surface area contributed by atoms with Crippen LogP contribution in [0.2, 0.25) is 0 Å². The molecule has 0 aliphatic heterocycles. The van der Waals surface area contributed by atoms with Gasteiger partial charge in [-0.3, -0.25) is 10.1 Å². The van der Waals surface area contributed by atoms with Crippen LogP contribution in [0.15, 0.2) is 34.7 Å². The molecule has 2 aromatic rings. The van der Waals surface area contributed by atoms with Crippen molar-refractivity contribution >= 4 is 5.88 Å².